The summed E-state index contributed by atoms with van der Waals surface area (Å²) in [5.74, 6) is 0.869. The van der Waals surface area contributed by atoms with Crippen LogP contribution in [-0.2, 0) is 4.74 Å². The molecule has 0 radical (unpaired) electrons. The molecule has 16 heavy (non-hydrogen) atoms. The summed E-state index contributed by atoms with van der Waals surface area (Å²) >= 11 is 0. The fourth-order valence-electron chi connectivity index (χ4n) is 2.04. The van der Waals surface area contributed by atoms with Crippen molar-refractivity contribution in [1.82, 2.24) is 4.98 Å². The maximum absolute atomic E-state index is 11.8. The number of hydrogen-bond donors (Lipinski definition) is 0. The second kappa shape index (κ2) is 5.75. The molecule has 0 N–H and O–H groups in total. The van der Waals surface area contributed by atoms with Crippen LogP contribution >= 0.6 is 0 Å². The summed E-state index contributed by atoms with van der Waals surface area (Å²) in [7, 11) is 0. The van der Waals surface area contributed by atoms with Gasteiger partial charge in [-0.25, -0.2) is 0 Å². The average Bonchev–Trinajstić information content (AvgIpc) is 2.38. The van der Waals surface area contributed by atoms with Gasteiger partial charge in [0.2, 0.25) is 0 Å². The molecular formula is C13H17NO2. The number of ketones is 1. The summed E-state index contributed by atoms with van der Waals surface area (Å²) in [6.45, 7) is 1.71. The number of Topliss-reactive ketones (excluding diaryl/α,β-unsaturated/α-hetero) is 1. The molecular weight excluding hydrogens is 202 g/mol. The van der Waals surface area contributed by atoms with Gasteiger partial charge in [0, 0.05) is 37.6 Å². The van der Waals surface area contributed by atoms with Crippen LogP contribution in [0.4, 0.5) is 0 Å². The van der Waals surface area contributed by atoms with Gasteiger partial charge in [0.1, 0.15) is 0 Å². The van der Waals surface area contributed by atoms with Crippen LogP contribution < -0.4 is 0 Å². The van der Waals surface area contributed by atoms with Crippen molar-refractivity contribution in [2.75, 3.05) is 13.2 Å². The molecule has 1 fully saturated rings. The van der Waals surface area contributed by atoms with Gasteiger partial charge in [-0.15, -0.1) is 0 Å². The van der Waals surface area contributed by atoms with E-state index in [0.717, 1.165) is 38.0 Å². The Balaban J connectivity index is 1.79. The molecule has 1 aliphatic rings. The van der Waals surface area contributed by atoms with E-state index in [4.69, 9.17) is 4.74 Å². The molecule has 0 saturated carbocycles. The molecule has 0 atom stereocenters. The number of ether oxygens (including phenoxy) is 1. The fourth-order valence-corrected chi connectivity index (χ4v) is 2.04. The Kier molecular flexibility index (Phi) is 4.05. The van der Waals surface area contributed by atoms with Crippen LogP contribution in [0.2, 0.25) is 0 Å². The van der Waals surface area contributed by atoms with Crippen molar-refractivity contribution in [3.05, 3.63) is 30.1 Å². The molecule has 1 aliphatic heterocycles. The molecule has 0 spiro atoms. The molecule has 0 unspecified atom stereocenters. The van der Waals surface area contributed by atoms with Crippen LogP contribution in [0.15, 0.2) is 24.5 Å². The van der Waals surface area contributed by atoms with Crippen LogP contribution in [0, 0.1) is 5.92 Å². The summed E-state index contributed by atoms with van der Waals surface area (Å²) in [6, 6.07) is 3.64. The van der Waals surface area contributed by atoms with Crippen LogP contribution in [-0.4, -0.2) is 24.0 Å². The SMILES string of the molecule is O=C(CCC1CCOCC1)c1cccnc1. The van der Waals surface area contributed by atoms with Gasteiger partial charge in [-0.3, -0.25) is 9.78 Å². The minimum Gasteiger partial charge on any atom is -0.381 e. The van der Waals surface area contributed by atoms with Gasteiger partial charge in [-0.2, -0.15) is 0 Å². The van der Waals surface area contributed by atoms with Crippen molar-refractivity contribution < 1.29 is 9.53 Å². The lowest BCUT2D eigenvalue weighted by molar-refractivity contribution is 0.0619. The van der Waals surface area contributed by atoms with Gasteiger partial charge in [0.05, 0.1) is 0 Å². The Hall–Kier alpha value is -1.22. The van der Waals surface area contributed by atoms with Crippen molar-refractivity contribution in [2.24, 2.45) is 5.92 Å². The van der Waals surface area contributed by atoms with Crippen molar-refractivity contribution in [1.29, 1.82) is 0 Å². The van der Waals surface area contributed by atoms with E-state index >= 15 is 0 Å². The molecule has 2 rings (SSSR count). The second-order valence-corrected chi connectivity index (χ2v) is 4.26. The van der Waals surface area contributed by atoms with Gasteiger partial charge in [-0.05, 0) is 37.3 Å². The number of carbonyl (C=O) groups excluding carboxylic acids is 1. The zero-order valence-electron chi connectivity index (χ0n) is 9.39. The highest BCUT2D eigenvalue weighted by atomic mass is 16.5. The summed E-state index contributed by atoms with van der Waals surface area (Å²) in [4.78, 5) is 15.8. The number of carbonyl (C=O) groups is 1. The lowest BCUT2D eigenvalue weighted by Crippen LogP contribution is -2.16. The van der Waals surface area contributed by atoms with Crippen LogP contribution in [0.25, 0.3) is 0 Å². The van der Waals surface area contributed by atoms with E-state index < -0.39 is 0 Å². The predicted octanol–water partition coefficient (Wildman–Crippen LogP) is 2.47. The molecule has 1 aromatic heterocycles. The van der Waals surface area contributed by atoms with Crippen molar-refractivity contribution in [3.63, 3.8) is 0 Å². The highest BCUT2D eigenvalue weighted by molar-refractivity contribution is 5.95. The third kappa shape index (κ3) is 3.14. The maximum atomic E-state index is 11.8. The van der Waals surface area contributed by atoms with Gasteiger partial charge >= 0.3 is 0 Å². The Morgan fingerprint density at radius 1 is 1.44 bits per heavy atom. The van der Waals surface area contributed by atoms with E-state index in [-0.39, 0.29) is 5.78 Å². The van der Waals surface area contributed by atoms with Crippen molar-refractivity contribution in [2.45, 2.75) is 25.7 Å². The lowest BCUT2D eigenvalue weighted by Gasteiger charge is -2.21. The zero-order valence-corrected chi connectivity index (χ0v) is 9.39. The molecule has 0 amide bonds. The van der Waals surface area contributed by atoms with Gasteiger partial charge in [0.15, 0.2) is 5.78 Å². The van der Waals surface area contributed by atoms with Gasteiger partial charge in [-0.1, -0.05) is 0 Å². The quantitative estimate of drug-likeness (QED) is 0.730. The first-order valence-electron chi connectivity index (χ1n) is 5.87. The zero-order chi connectivity index (χ0) is 11.2. The first-order valence-corrected chi connectivity index (χ1v) is 5.87. The standard InChI is InChI=1S/C13H17NO2/c15-13(12-2-1-7-14-10-12)4-3-11-5-8-16-9-6-11/h1-2,7,10-11H,3-6,8-9H2. The average molecular weight is 219 g/mol. The second-order valence-electron chi connectivity index (χ2n) is 4.26. The Morgan fingerprint density at radius 2 is 2.25 bits per heavy atom. The Morgan fingerprint density at radius 3 is 2.94 bits per heavy atom. The van der Waals surface area contributed by atoms with E-state index in [1.54, 1.807) is 12.4 Å². The highest BCUT2D eigenvalue weighted by Crippen LogP contribution is 2.20. The van der Waals surface area contributed by atoms with Crippen LogP contribution in [0.5, 0.6) is 0 Å². The van der Waals surface area contributed by atoms with Crippen molar-refractivity contribution in [3.8, 4) is 0 Å². The Bertz CT molecular complexity index is 331. The largest absolute Gasteiger partial charge is 0.381 e. The molecule has 1 saturated heterocycles. The van der Waals surface area contributed by atoms with E-state index in [0.29, 0.717) is 12.3 Å². The molecule has 2 heterocycles. The summed E-state index contributed by atoms with van der Waals surface area (Å²) in [5, 5.41) is 0. The number of rotatable bonds is 4. The normalized spacial score (nSPS) is 17.2. The first-order chi connectivity index (χ1) is 7.86. The van der Waals surface area contributed by atoms with E-state index in [1.807, 2.05) is 12.1 Å². The van der Waals surface area contributed by atoms with E-state index in [2.05, 4.69) is 4.98 Å². The maximum Gasteiger partial charge on any atom is 0.164 e. The number of pyridine rings is 1. The van der Waals surface area contributed by atoms with Crippen LogP contribution in [0.3, 0.4) is 0 Å². The van der Waals surface area contributed by atoms with Crippen molar-refractivity contribution >= 4 is 5.78 Å². The van der Waals surface area contributed by atoms with E-state index in [1.165, 1.54) is 0 Å². The van der Waals surface area contributed by atoms with Gasteiger partial charge < -0.3 is 4.74 Å². The minimum atomic E-state index is 0.208. The molecule has 3 heteroatoms. The number of aromatic nitrogens is 1. The summed E-state index contributed by atoms with van der Waals surface area (Å²) < 4.78 is 5.30. The molecule has 0 aliphatic carbocycles. The number of nitrogens with zero attached hydrogens (tertiary/aromatic N) is 1. The molecule has 1 aromatic rings. The number of hydrogen-bond acceptors (Lipinski definition) is 3. The molecule has 86 valence electrons. The topological polar surface area (TPSA) is 39.2 Å². The minimum absolute atomic E-state index is 0.208. The lowest BCUT2D eigenvalue weighted by atomic mass is 9.93. The third-order valence-electron chi connectivity index (χ3n) is 3.10. The summed E-state index contributed by atoms with van der Waals surface area (Å²) in [6.07, 6.45) is 7.15. The predicted molar refractivity (Wildman–Crippen MR) is 61.3 cm³/mol. The first kappa shape index (κ1) is 11.3. The smallest absolute Gasteiger partial charge is 0.164 e. The Labute approximate surface area is 95.8 Å². The van der Waals surface area contributed by atoms with E-state index in [9.17, 15) is 4.79 Å². The molecule has 0 aromatic carbocycles. The fraction of sp³-hybridized carbons (Fsp3) is 0.538. The van der Waals surface area contributed by atoms with Gasteiger partial charge in [0.25, 0.3) is 0 Å². The van der Waals surface area contributed by atoms with Crippen LogP contribution in [0.1, 0.15) is 36.0 Å². The highest BCUT2D eigenvalue weighted by Gasteiger charge is 2.15. The molecule has 3 nitrogen and oxygen atoms in total. The third-order valence-corrected chi connectivity index (χ3v) is 3.10. The monoisotopic (exact) mass is 219 g/mol. The molecule has 0 bridgehead atoms. The summed E-state index contributed by atoms with van der Waals surface area (Å²) in [5.41, 5.74) is 0.731.